The van der Waals surface area contributed by atoms with Crippen molar-refractivity contribution < 1.29 is 21.6 Å². The number of sulfone groups is 1. The molecule has 0 aliphatic rings. The zero-order valence-corrected chi connectivity index (χ0v) is 17.5. The van der Waals surface area contributed by atoms with Crippen molar-refractivity contribution in [3.8, 4) is 5.75 Å². The standard InChI is InChI=1S/C17H18N2O5S3/c1-10-7-11(2)16(9-14(10)24-3)27(22,23)19-17-18-13-6-5-12(26(4,20)21)8-15(13)25-17/h5-9H,1-4H3,(H,18,19). The van der Waals surface area contributed by atoms with Crippen molar-refractivity contribution in [2.45, 2.75) is 23.6 Å². The number of benzene rings is 2. The SMILES string of the molecule is COc1cc(S(=O)(=O)Nc2nc3ccc(S(C)(=O)=O)cc3s2)c(C)cc1C. The number of rotatable bonds is 5. The molecule has 0 radical (unpaired) electrons. The Morgan fingerprint density at radius 1 is 1.04 bits per heavy atom. The average Bonchev–Trinajstić information content (AvgIpc) is 2.94. The van der Waals surface area contributed by atoms with Gasteiger partial charge in [0.05, 0.1) is 27.1 Å². The van der Waals surface area contributed by atoms with E-state index in [0.29, 0.717) is 21.5 Å². The van der Waals surface area contributed by atoms with Gasteiger partial charge in [-0.25, -0.2) is 21.8 Å². The van der Waals surface area contributed by atoms with Crippen molar-refractivity contribution in [1.82, 2.24) is 4.98 Å². The van der Waals surface area contributed by atoms with Crippen LogP contribution in [0.4, 0.5) is 5.13 Å². The molecule has 0 aliphatic heterocycles. The normalized spacial score (nSPS) is 12.3. The zero-order chi connectivity index (χ0) is 20.0. The highest BCUT2D eigenvalue weighted by molar-refractivity contribution is 7.93. The third-order valence-electron chi connectivity index (χ3n) is 3.99. The first-order valence-electron chi connectivity index (χ1n) is 7.80. The number of nitrogens with one attached hydrogen (secondary N) is 1. The van der Waals surface area contributed by atoms with Crippen molar-refractivity contribution >= 4 is 46.5 Å². The van der Waals surface area contributed by atoms with Gasteiger partial charge in [-0.05, 0) is 43.2 Å². The second kappa shape index (κ2) is 6.77. The molecular weight excluding hydrogens is 408 g/mol. The number of fused-ring (bicyclic) bond motifs is 1. The first kappa shape index (κ1) is 19.6. The Morgan fingerprint density at radius 2 is 1.74 bits per heavy atom. The van der Waals surface area contributed by atoms with E-state index in [0.717, 1.165) is 23.2 Å². The van der Waals surface area contributed by atoms with Crippen LogP contribution in [0.2, 0.25) is 0 Å². The number of hydrogen-bond acceptors (Lipinski definition) is 7. The Bertz CT molecular complexity index is 1250. The fourth-order valence-corrected chi connectivity index (χ4v) is 5.78. The number of nitrogens with zero attached hydrogens (tertiary/aromatic N) is 1. The maximum atomic E-state index is 12.8. The third kappa shape index (κ3) is 3.92. The molecule has 0 atom stereocenters. The molecule has 2 aromatic carbocycles. The molecule has 7 nitrogen and oxygen atoms in total. The van der Waals surface area contributed by atoms with Gasteiger partial charge in [0.25, 0.3) is 10.0 Å². The highest BCUT2D eigenvalue weighted by Crippen LogP contribution is 2.31. The van der Waals surface area contributed by atoms with Gasteiger partial charge in [0.2, 0.25) is 0 Å². The van der Waals surface area contributed by atoms with Gasteiger partial charge in [-0.2, -0.15) is 0 Å². The van der Waals surface area contributed by atoms with Crippen LogP contribution in [0.3, 0.4) is 0 Å². The summed E-state index contributed by atoms with van der Waals surface area (Å²) >= 11 is 1.07. The predicted octanol–water partition coefficient (Wildman–Crippen LogP) is 3.13. The van der Waals surface area contributed by atoms with Crippen molar-refractivity contribution in [3.63, 3.8) is 0 Å². The summed E-state index contributed by atoms with van der Waals surface area (Å²) in [6, 6.07) is 7.71. The summed E-state index contributed by atoms with van der Waals surface area (Å²) in [4.78, 5) is 4.50. The number of anilines is 1. The molecule has 144 valence electrons. The van der Waals surface area contributed by atoms with Gasteiger partial charge in [-0.1, -0.05) is 17.4 Å². The number of hydrogen-bond donors (Lipinski definition) is 1. The number of sulfonamides is 1. The first-order chi connectivity index (χ1) is 12.5. The number of aryl methyl sites for hydroxylation is 2. The number of thiazole rings is 1. The Kier molecular flexibility index (Phi) is 4.91. The van der Waals surface area contributed by atoms with Gasteiger partial charge in [0.15, 0.2) is 15.0 Å². The summed E-state index contributed by atoms with van der Waals surface area (Å²) in [5.74, 6) is 0.475. The summed E-state index contributed by atoms with van der Waals surface area (Å²) in [7, 11) is -5.75. The van der Waals surface area contributed by atoms with Gasteiger partial charge in [0.1, 0.15) is 5.75 Å². The fourth-order valence-electron chi connectivity index (χ4n) is 2.67. The summed E-state index contributed by atoms with van der Waals surface area (Å²) in [6.07, 6.45) is 1.12. The lowest BCUT2D eigenvalue weighted by molar-refractivity contribution is 0.410. The van der Waals surface area contributed by atoms with E-state index in [1.165, 1.54) is 25.3 Å². The minimum absolute atomic E-state index is 0.0982. The molecular formula is C17H18N2O5S3. The van der Waals surface area contributed by atoms with Crippen molar-refractivity contribution in [2.75, 3.05) is 18.1 Å². The number of aromatic nitrogens is 1. The molecule has 1 heterocycles. The first-order valence-corrected chi connectivity index (χ1v) is 12.0. The quantitative estimate of drug-likeness (QED) is 0.672. The van der Waals surface area contributed by atoms with Gasteiger partial charge < -0.3 is 4.74 Å². The maximum absolute atomic E-state index is 12.8. The fraction of sp³-hybridized carbons (Fsp3) is 0.235. The summed E-state index contributed by atoms with van der Waals surface area (Å²) in [6.45, 7) is 3.54. The predicted molar refractivity (Wildman–Crippen MR) is 106 cm³/mol. The third-order valence-corrected chi connectivity index (χ3v) is 7.65. The van der Waals surface area contributed by atoms with Crippen LogP contribution in [0, 0.1) is 13.8 Å². The van der Waals surface area contributed by atoms with Crippen molar-refractivity contribution in [3.05, 3.63) is 41.5 Å². The molecule has 3 aromatic rings. The lowest BCUT2D eigenvalue weighted by atomic mass is 10.1. The van der Waals surface area contributed by atoms with Gasteiger partial charge in [0, 0.05) is 12.3 Å². The van der Waals surface area contributed by atoms with Crippen LogP contribution in [0.25, 0.3) is 10.2 Å². The second-order valence-electron chi connectivity index (χ2n) is 6.11. The van der Waals surface area contributed by atoms with E-state index in [2.05, 4.69) is 9.71 Å². The molecule has 0 spiro atoms. The van der Waals surface area contributed by atoms with E-state index in [1.807, 2.05) is 6.92 Å². The summed E-state index contributed by atoms with van der Waals surface area (Å²) in [5.41, 5.74) is 1.94. The molecule has 0 unspecified atom stereocenters. The van der Waals surface area contributed by atoms with Gasteiger partial charge in [-0.15, -0.1) is 0 Å². The molecule has 0 bridgehead atoms. The topological polar surface area (TPSA) is 102 Å². The monoisotopic (exact) mass is 426 g/mol. The summed E-state index contributed by atoms with van der Waals surface area (Å²) < 4.78 is 57.2. The van der Waals surface area contributed by atoms with E-state index in [9.17, 15) is 16.8 Å². The van der Waals surface area contributed by atoms with Crippen LogP contribution in [0.15, 0.2) is 40.1 Å². The lowest BCUT2D eigenvalue weighted by Gasteiger charge is -2.12. The van der Waals surface area contributed by atoms with Crippen LogP contribution < -0.4 is 9.46 Å². The maximum Gasteiger partial charge on any atom is 0.264 e. The molecule has 10 heteroatoms. The second-order valence-corrected chi connectivity index (χ2v) is 10.8. The molecule has 0 saturated carbocycles. The van der Waals surface area contributed by atoms with Crippen LogP contribution in [0.1, 0.15) is 11.1 Å². The number of ether oxygens (including phenoxy) is 1. The van der Waals surface area contributed by atoms with Gasteiger partial charge in [-0.3, -0.25) is 4.72 Å². The van der Waals surface area contributed by atoms with E-state index >= 15 is 0 Å². The molecule has 0 saturated heterocycles. The minimum Gasteiger partial charge on any atom is -0.496 e. The molecule has 0 fully saturated rings. The minimum atomic E-state index is -3.88. The molecule has 1 aromatic heterocycles. The van der Waals surface area contributed by atoms with Crippen molar-refractivity contribution in [2.24, 2.45) is 0 Å². The van der Waals surface area contributed by atoms with E-state index in [-0.39, 0.29) is 14.9 Å². The molecule has 0 amide bonds. The molecule has 0 aliphatic carbocycles. The summed E-state index contributed by atoms with van der Waals surface area (Å²) in [5, 5.41) is 0.162. The van der Waals surface area contributed by atoms with Crippen LogP contribution in [-0.4, -0.2) is 35.2 Å². The highest BCUT2D eigenvalue weighted by atomic mass is 32.2. The molecule has 1 N–H and O–H groups in total. The Balaban J connectivity index is 2.01. The lowest BCUT2D eigenvalue weighted by Crippen LogP contribution is -2.14. The van der Waals surface area contributed by atoms with Crippen LogP contribution in [-0.2, 0) is 19.9 Å². The average molecular weight is 427 g/mol. The van der Waals surface area contributed by atoms with Crippen LogP contribution >= 0.6 is 11.3 Å². The van der Waals surface area contributed by atoms with E-state index in [1.54, 1.807) is 19.1 Å². The molecule has 3 rings (SSSR count). The van der Waals surface area contributed by atoms with Crippen molar-refractivity contribution in [1.29, 1.82) is 0 Å². The van der Waals surface area contributed by atoms with Crippen LogP contribution in [0.5, 0.6) is 5.75 Å². The van der Waals surface area contributed by atoms with E-state index < -0.39 is 19.9 Å². The zero-order valence-electron chi connectivity index (χ0n) is 15.1. The van der Waals surface area contributed by atoms with E-state index in [4.69, 9.17) is 4.74 Å². The Hall–Kier alpha value is -2.17. The Morgan fingerprint density at radius 3 is 2.37 bits per heavy atom. The van der Waals surface area contributed by atoms with Gasteiger partial charge >= 0.3 is 0 Å². The number of methoxy groups -OCH3 is 1. The highest BCUT2D eigenvalue weighted by Gasteiger charge is 2.21. The molecule has 27 heavy (non-hydrogen) atoms. The Labute approximate surface area is 162 Å². The smallest absolute Gasteiger partial charge is 0.264 e. The largest absolute Gasteiger partial charge is 0.496 e.